The Morgan fingerprint density at radius 2 is 1.91 bits per heavy atom. The molecule has 0 bridgehead atoms. The van der Waals surface area contributed by atoms with Gasteiger partial charge < -0.3 is 14.6 Å². The van der Waals surface area contributed by atoms with Gasteiger partial charge in [0.15, 0.2) is 11.5 Å². The van der Waals surface area contributed by atoms with Gasteiger partial charge in [-0.1, -0.05) is 24.0 Å². The molecule has 2 aromatic carbocycles. The zero-order chi connectivity index (χ0) is 22.6. The number of hydrogen-bond acceptors (Lipinski definition) is 4. The monoisotopic (exact) mass is 432 g/mol. The molecule has 0 radical (unpaired) electrons. The molecule has 5 nitrogen and oxygen atoms in total. The van der Waals surface area contributed by atoms with Crippen molar-refractivity contribution in [2.24, 2.45) is 0 Å². The van der Waals surface area contributed by atoms with E-state index in [0.717, 1.165) is 31.2 Å². The van der Waals surface area contributed by atoms with E-state index in [0.29, 0.717) is 29.9 Å². The maximum atomic E-state index is 12.5. The first-order valence-electron chi connectivity index (χ1n) is 11.2. The summed E-state index contributed by atoms with van der Waals surface area (Å²) in [5.41, 5.74) is 1.14. The lowest BCUT2D eigenvalue weighted by Crippen LogP contribution is -2.32. The minimum absolute atomic E-state index is 0.188. The minimum Gasteiger partial charge on any atom is -0.493 e. The average molecular weight is 433 g/mol. The average Bonchev–Trinajstić information content (AvgIpc) is 3.31. The Morgan fingerprint density at radius 1 is 1.09 bits per heavy atom. The number of carbonyl (C=O) groups excluding carboxylic acids is 1. The van der Waals surface area contributed by atoms with Gasteiger partial charge in [-0.2, -0.15) is 0 Å². The summed E-state index contributed by atoms with van der Waals surface area (Å²) in [6.07, 6.45) is 7.05. The fourth-order valence-corrected chi connectivity index (χ4v) is 4.70. The van der Waals surface area contributed by atoms with Crippen LogP contribution < -0.4 is 9.47 Å². The lowest BCUT2D eigenvalue weighted by Gasteiger charge is -2.33. The Bertz CT molecular complexity index is 1070. The summed E-state index contributed by atoms with van der Waals surface area (Å²) in [7, 11) is 1.63. The maximum Gasteiger partial charge on any atom is 0.335 e. The van der Waals surface area contributed by atoms with Crippen molar-refractivity contribution in [2.75, 3.05) is 7.11 Å². The van der Waals surface area contributed by atoms with Crippen LogP contribution in [0.5, 0.6) is 11.5 Å². The van der Waals surface area contributed by atoms with E-state index in [1.54, 1.807) is 31.4 Å². The van der Waals surface area contributed by atoms with Crippen molar-refractivity contribution in [1.29, 1.82) is 0 Å². The highest BCUT2D eigenvalue weighted by Gasteiger charge is 2.37. The first-order valence-corrected chi connectivity index (χ1v) is 11.2. The molecule has 5 heteroatoms. The van der Waals surface area contributed by atoms with Crippen molar-refractivity contribution < 1.29 is 24.2 Å². The van der Waals surface area contributed by atoms with E-state index in [1.807, 2.05) is 18.2 Å². The molecule has 1 unspecified atom stereocenters. The van der Waals surface area contributed by atoms with Crippen LogP contribution in [-0.4, -0.2) is 30.1 Å². The van der Waals surface area contributed by atoms with Gasteiger partial charge in [0.2, 0.25) is 0 Å². The quantitative estimate of drug-likeness (QED) is 0.662. The molecule has 32 heavy (non-hydrogen) atoms. The van der Waals surface area contributed by atoms with Crippen molar-refractivity contribution in [3.8, 4) is 23.3 Å². The molecule has 0 saturated heterocycles. The minimum atomic E-state index is -0.986. The van der Waals surface area contributed by atoms with Crippen molar-refractivity contribution in [1.82, 2.24) is 0 Å². The van der Waals surface area contributed by atoms with Crippen molar-refractivity contribution in [3.05, 3.63) is 59.2 Å². The van der Waals surface area contributed by atoms with Crippen LogP contribution in [0.25, 0.3) is 0 Å². The fraction of sp³-hybridized carbons (Fsp3) is 0.407. The molecule has 0 spiro atoms. The summed E-state index contributed by atoms with van der Waals surface area (Å²) in [6, 6.07) is 12.4. The van der Waals surface area contributed by atoms with Crippen LogP contribution in [0.1, 0.15) is 72.9 Å². The Labute approximate surface area is 188 Å². The first kappa shape index (κ1) is 22.0. The molecule has 1 atom stereocenters. The Hall–Kier alpha value is -3.26. The summed E-state index contributed by atoms with van der Waals surface area (Å²) in [6.45, 7) is 0. The molecular formula is C27H28O5. The van der Waals surface area contributed by atoms with Gasteiger partial charge in [-0.15, -0.1) is 0 Å². The van der Waals surface area contributed by atoms with Crippen molar-refractivity contribution >= 4 is 11.8 Å². The molecule has 2 aliphatic rings. The normalized spacial score (nSPS) is 21.0. The Kier molecular flexibility index (Phi) is 6.50. The number of carboxylic acid groups (broad SMARTS) is 1. The molecule has 2 aliphatic carbocycles. The number of ketones is 1. The molecule has 4 rings (SSSR count). The van der Waals surface area contributed by atoms with Gasteiger partial charge in [-0.25, -0.2) is 4.79 Å². The van der Waals surface area contributed by atoms with Gasteiger partial charge in [0, 0.05) is 18.4 Å². The van der Waals surface area contributed by atoms with Gasteiger partial charge in [-0.3, -0.25) is 4.79 Å². The number of ether oxygens (including phenoxy) is 2. The third-order valence-electron chi connectivity index (χ3n) is 6.43. The topological polar surface area (TPSA) is 72.8 Å². The van der Waals surface area contributed by atoms with Crippen LogP contribution >= 0.6 is 0 Å². The standard InChI is InChI=1S/C27H28O5/c1-31-24-12-11-21(17-25(24)32-23-9-2-3-10-23)27(14-5-8-22(28)18-27)15-13-19-6-4-7-20(16-19)26(29)30/h4,6-7,11-12,16-17,23H,2-3,5,8-10,14,18H2,1H3,(H,29,30). The lowest BCUT2D eigenvalue weighted by molar-refractivity contribution is -0.121. The van der Waals surface area contributed by atoms with Gasteiger partial charge in [0.1, 0.15) is 5.78 Å². The van der Waals surface area contributed by atoms with Crippen LogP contribution in [0.3, 0.4) is 0 Å². The predicted molar refractivity (Wildman–Crippen MR) is 121 cm³/mol. The zero-order valence-corrected chi connectivity index (χ0v) is 18.4. The summed E-state index contributed by atoms with van der Waals surface area (Å²) >= 11 is 0. The molecule has 0 aromatic heterocycles. The van der Waals surface area contributed by atoms with Gasteiger partial charge >= 0.3 is 5.97 Å². The van der Waals surface area contributed by atoms with Crippen LogP contribution in [0, 0.1) is 11.8 Å². The van der Waals surface area contributed by atoms with E-state index >= 15 is 0 Å². The van der Waals surface area contributed by atoms with Gasteiger partial charge in [0.25, 0.3) is 0 Å². The maximum absolute atomic E-state index is 12.5. The number of carbonyl (C=O) groups is 2. The molecule has 0 amide bonds. The molecular weight excluding hydrogens is 404 g/mol. The van der Waals surface area contributed by atoms with E-state index < -0.39 is 11.4 Å². The number of rotatable bonds is 5. The van der Waals surface area contributed by atoms with Crippen LogP contribution in [0.4, 0.5) is 0 Å². The second-order valence-corrected chi connectivity index (χ2v) is 8.68. The largest absolute Gasteiger partial charge is 0.493 e. The third kappa shape index (κ3) is 4.80. The smallest absolute Gasteiger partial charge is 0.335 e. The molecule has 0 heterocycles. The highest BCUT2D eigenvalue weighted by atomic mass is 16.5. The fourth-order valence-electron chi connectivity index (χ4n) is 4.70. The molecule has 0 aliphatic heterocycles. The van der Waals surface area contributed by atoms with E-state index in [-0.39, 0.29) is 17.5 Å². The number of methoxy groups -OCH3 is 1. The molecule has 1 N–H and O–H groups in total. The highest BCUT2D eigenvalue weighted by molar-refractivity contribution is 5.88. The van der Waals surface area contributed by atoms with E-state index in [4.69, 9.17) is 9.47 Å². The van der Waals surface area contributed by atoms with Crippen molar-refractivity contribution in [3.63, 3.8) is 0 Å². The van der Waals surface area contributed by atoms with E-state index in [1.165, 1.54) is 12.8 Å². The van der Waals surface area contributed by atoms with Gasteiger partial charge in [-0.05, 0) is 74.4 Å². The summed E-state index contributed by atoms with van der Waals surface area (Å²) < 4.78 is 11.8. The molecule has 2 aromatic rings. The number of aromatic carboxylic acids is 1. The molecule has 2 saturated carbocycles. The predicted octanol–water partition coefficient (Wildman–Crippen LogP) is 5.15. The molecule has 2 fully saturated rings. The Morgan fingerprint density at radius 3 is 2.62 bits per heavy atom. The third-order valence-corrected chi connectivity index (χ3v) is 6.43. The summed E-state index contributed by atoms with van der Waals surface area (Å²) in [5.74, 6) is 7.10. The van der Waals surface area contributed by atoms with E-state index in [9.17, 15) is 14.7 Å². The Balaban J connectivity index is 1.73. The van der Waals surface area contributed by atoms with E-state index in [2.05, 4.69) is 11.8 Å². The highest BCUT2D eigenvalue weighted by Crippen LogP contribution is 2.42. The van der Waals surface area contributed by atoms with Crippen molar-refractivity contribution in [2.45, 2.75) is 62.9 Å². The second kappa shape index (κ2) is 9.48. The van der Waals surface area contributed by atoms with Crippen LogP contribution in [0.15, 0.2) is 42.5 Å². The SMILES string of the molecule is COc1ccc(C2(C#Cc3cccc(C(=O)O)c3)CCCC(=O)C2)cc1OC1CCCC1. The summed E-state index contributed by atoms with van der Waals surface area (Å²) in [5, 5.41) is 9.27. The van der Waals surface area contributed by atoms with Crippen LogP contribution in [-0.2, 0) is 10.2 Å². The number of Topliss-reactive ketones (excluding diaryl/α,β-unsaturated/α-hetero) is 1. The number of carboxylic acids is 1. The lowest BCUT2D eigenvalue weighted by atomic mass is 9.69. The number of hydrogen-bond donors (Lipinski definition) is 1. The van der Waals surface area contributed by atoms with Gasteiger partial charge in [0.05, 0.1) is 24.2 Å². The molecule has 166 valence electrons. The zero-order valence-electron chi connectivity index (χ0n) is 18.4. The summed E-state index contributed by atoms with van der Waals surface area (Å²) in [4.78, 5) is 23.8. The van der Waals surface area contributed by atoms with Crippen LogP contribution in [0.2, 0.25) is 0 Å². The second-order valence-electron chi connectivity index (χ2n) is 8.68. The first-order chi connectivity index (χ1) is 15.5. The number of benzene rings is 2.